The van der Waals surface area contributed by atoms with Gasteiger partial charge in [0.1, 0.15) is 0 Å². The summed E-state index contributed by atoms with van der Waals surface area (Å²) in [7, 11) is 0. The van der Waals surface area contributed by atoms with Gasteiger partial charge in [-0.05, 0) is 18.9 Å². The molecule has 0 aliphatic carbocycles. The fourth-order valence-corrected chi connectivity index (χ4v) is 2.59. The fourth-order valence-electron chi connectivity index (χ4n) is 2.59. The molecule has 5 nitrogen and oxygen atoms in total. The zero-order chi connectivity index (χ0) is 15.9. The third kappa shape index (κ3) is 4.86. The molecule has 5 heteroatoms. The Morgan fingerprint density at radius 3 is 2.82 bits per heavy atom. The van der Waals surface area contributed by atoms with E-state index in [9.17, 15) is 4.79 Å². The molecule has 0 saturated carbocycles. The molecule has 0 unspecified atom stereocenters. The average Bonchev–Trinajstić information content (AvgIpc) is 2.52. The number of nitrogens with zero attached hydrogens (tertiary/aromatic N) is 1. The Morgan fingerprint density at radius 2 is 2.18 bits per heavy atom. The summed E-state index contributed by atoms with van der Waals surface area (Å²) in [5.74, 6) is 0. The number of hydrogen-bond donors (Lipinski definition) is 2. The number of piperidine rings is 1. The van der Waals surface area contributed by atoms with Crippen LogP contribution >= 0.6 is 0 Å². The molecule has 2 N–H and O–H groups in total. The van der Waals surface area contributed by atoms with Gasteiger partial charge >= 0.3 is 6.09 Å². The van der Waals surface area contributed by atoms with Gasteiger partial charge in [-0.25, -0.2) is 4.79 Å². The van der Waals surface area contributed by atoms with Gasteiger partial charge in [0.25, 0.3) is 0 Å². The Bertz CT molecular complexity index is 504. The molecule has 120 valence electrons. The third-order valence-corrected chi connectivity index (χ3v) is 3.78. The van der Waals surface area contributed by atoms with E-state index >= 15 is 0 Å². The van der Waals surface area contributed by atoms with Gasteiger partial charge in [0, 0.05) is 19.1 Å². The van der Waals surface area contributed by atoms with Crippen molar-refractivity contribution in [1.82, 2.24) is 10.2 Å². The number of carboxylic acid groups (broad SMARTS) is 1. The number of hydrogen-bond acceptors (Lipinski definition) is 3. The van der Waals surface area contributed by atoms with Crippen LogP contribution in [0.1, 0.15) is 18.9 Å². The van der Waals surface area contributed by atoms with Crippen LogP contribution < -0.4 is 5.32 Å². The van der Waals surface area contributed by atoms with Crippen molar-refractivity contribution in [1.29, 1.82) is 0 Å². The maximum absolute atomic E-state index is 11.2. The first-order chi connectivity index (χ1) is 10.6. The van der Waals surface area contributed by atoms with Crippen LogP contribution in [0, 0.1) is 0 Å². The van der Waals surface area contributed by atoms with Crippen LogP contribution in [0.15, 0.2) is 42.5 Å². The van der Waals surface area contributed by atoms with Gasteiger partial charge < -0.3 is 20.1 Å². The van der Waals surface area contributed by atoms with E-state index in [0.717, 1.165) is 18.5 Å². The van der Waals surface area contributed by atoms with Crippen LogP contribution in [0.4, 0.5) is 4.79 Å². The minimum Gasteiger partial charge on any atom is -0.465 e. The summed E-state index contributed by atoms with van der Waals surface area (Å²) in [6.07, 6.45) is -0.282. The highest BCUT2D eigenvalue weighted by atomic mass is 16.5. The van der Waals surface area contributed by atoms with Crippen molar-refractivity contribution in [2.75, 3.05) is 19.7 Å². The van der Waals surface area contributed by atoms with Crippen molar-refractivity contribution in [3.8, 4) is 0 Å². The molecule has 0 aromatic heterocycles. The molecule has 1 saturated heterocycles. The lowest BCUT2D eigenvalue weighted by Crippen LogP contribution is -2.54. The molecule has 1 amide bonds. The molecule has 0 bridgehead atoms. The predicted molar refractivity (Wildman–Crippen MR) is 85.8 cm³/mol. The largest absolute Gasteiger partial charge is 0.465 e. The van der Waals surface area contributed by atoms with Gasteiger partial charge in [0.05, 0.1) is 19.3 Å². The minimum absolute atomic E-state index is 0.148. The minimum atomic E-state index is -0.884. The first kappa shape index (κ1) is 16.5. The van der Waals surface area contributed by atoms with E-state index < -0.39 is 6.09 Å². The number of carbonyl (C=O) groups is 1. The van der Waals surface area contributed by atoms with Crippen molar-refractivity contribution in [2.24, 2.45) is 0 Å². The summed E-state index contributed by atoms with van der Waals surface area (Å²) in [5.41, 5.74) is 2.15. The van der Waals surface area contributed by atoms with Gasteiger partial charge in [-0.1, -0.05) is 42.5 Å². The van der Waals surface area contributed by atoms with Crippen LogP contribution in [0.3, 0.4) is 0 Å². The summed E-state index contributed by atoms with van der Waals surface area (Å²) >= 11 is 0. The summed E-state index contributed by atoms with van der Waals surface area (Å²) in [4.78, 5) is 12.6. The highest BCUT2D eigenvalue weighted by molar-refractivity contribution is 5.65. The standard InChI is InChI=1S/C17H24N2O3/c1-13(2)12-22-16-11-19(17(20)21)9-8-15(16)18-10-14-6-4-3-5-7-14/h3-7,15-16,18H,1,8-12H2,2H3,(H,20,21)/t15-,16+/m1/s1. The van der Waals surface area contributed by atoms with Crippen LogP contribution in [-0.2, 0) is 11.3 Å². The molecular formula is C17H24N2O3. The molecule has 0 radical (unpaired) electrons. The lowest BCUT2D eigenvalue weighted by atomic mass is 10.0. The average molecular weight is 304 g/mol. The Morgan fingerprint density at radius 1 is 1.45 bits per heavy atom. The van der Waals surface area contributed by atoms with Crippen LogP contribution in [-0.4, -0.2) is 47.9 Å². The van der Waals surface area contributed by atoms with Crippen LogP contribution in [0.25, 0.3) is 0 Å². The zero-order valence-corrected chi connectivity index (χ0v) is 13.0. The molecule has 1 aliphatic rings. The summed E-state index contributed by atoms with van der Waals surface area (Å²) in [5, 5.41) is 12.7. The summed E-state index contributed by atoms with van der Waals surface area (Å²) in [6.45, 7) is 7.89. The Balaban J connectivity index is 1.94. The molecular weight excluding hydrogens is 280 g/mol. The number of ether oxygens (including phenoxy) is 1. The van der Waals surface area contributed by atoms with E-state index in [1.807, 2.05) is 25.1 Å². The maximum atomic E-state index is 11.2. The van der Waals surface area contributed by atoms with E-state index in [-0.39, 0.29) is 12.1 Å². The van der Waals surface area contributed by atoms with E-state index in [1.54, 1.807) is 0 Å². The van der Waals surface area contributed by atoms with Gasteiger partial charge in [-0.2, -0.15) is 0 Å². The van der Waals surface area contributed by atoms with E-state index in [0.29, 0.717) is 19.7 Å². The fraction of sp³-hybridized carbons (Fsp3) is 0.471. The Kier molecular flexibility index (Phi) is 5.98. The number of rotatable bonds is 6. The van der Waals surface area contributed by atoms with E-state index in [1.165, 1.54) is 10.5 Å². The predicted octanol–water partition coefficient (Wildman–Crippen LogP) is 2.49. The van der Waals surface area contributed by atoms with Crippen molar-refractivity contribution >= 4 is 6.09 Å². The third-order valence-electron chi connectivity index (χ3n) is 3.78. The highest BCUT2D eigenvalue weighted by Crippen LogP contribution is 2.16. The first-order valence-electron chi connectivity index (χ1n) is 7.57. The van der Waals surface area contributed by atoms with Gasteiger partial charge in [-0.15, -0.1) is 0 Å². The summed E-state index contributed by atoms with van der Waals surface area (Å²) in [6, 6.07) is 10.3. The quantitative estimate of drug-likeness (QED) is 0.793. The molecule has 1 aromatic carbocycles. The summed E-state index contributed by atoms with van der Waals surface area (Å²) < 4.78 is 5.86. The normalized spacial score (nSPS) is 21.6. The van der Waals surface area contributed by atoms with Crippen LogP contribution in [0.2, 0.25) is 0 Å². The second-order valence-electron chi connectivity index (χ2n) is 5.80. The molecule has 1 aromatic rings. The van der Waals surface area contributed by atoms with Crippen molar-refractivity contribution in [2.45, 2.75) is 32.0 Å². The molecule has 1 aliphatic heterocycles. The number of benzene rings is 1. The molecule has 2 atom stereocenters. The SMILES string of the molecule is C=C(C)CO[C@H]1CN(C(=O)O)CC[C@H]1NCc1ccccc1. The first-order valence-corrected chi connectivity index (χ1v) is 7.57. The Hall–Kier alpha value is -1.85. The number of likely N-dealkylation sites (tertiary alicyclic amines) is 1. The lowest BCUT2D eigenvalue weighted by Gasteiger charge is -2.37. The zero-order valence-electron chi connectivity index (χ0n) is 13.0. The number of amides is 1. The highest BCUT2D eigenvalue weighted by Gasteiger charge is 2.31. The number of nitrogens with one attached hydrogen (secondary N) is 1. The van der Waals surface area contributed by atoms with Crippen molar-refractivity contribution < 1.29 is 14.6 Å². The Labute approximate surface area is 131 Å². The molecule has 0 spiro atoms. The maximum Gasteiger partial charge on any atom is 0.407 e. The van der Waals surface area contributed by atoms with Gasteiger partial charge in [-0.3, -0.25) is 0 Å². The smallest absolute Gasteiger partial charge is 0.407 e. The molecule has 1 heterocycles. The van der Waals surface area contributed by atoms with Crippen molar-refractivity contribution in [3.05, 3.63) is 48.0 Å². The second kappa shape index (κ2) is 7.96. The van der Waals surface area contributed by atoms with Gasteiger partial charge in [0.15, 0.2) is 0 Å². The van der Waals surface area contributed by atoms with Gasteiger partial charge in [0.2, 0.25) is 0 Å². The van der Waals surface area contributed by atoms with Crippen molar-refractivity contribution in [3.63, 3.8) is 0 Å². The molecule has 1 fully saturated rings. The molecule has 2 rings (SSSR count). The lowest BCUT2D eigenvalue weighted by molar-refractivity contribution is -0.00867. The van der Waals surface area contributed by atoms with Crippen LogP contribution in [0.5, 0.6) is 0 Å². The second-order valence-corrected chi connectivity index (χ2v) is 5.80. The van der Waals surface area contributed by atoms with E-state index in [2.05, 4.69) is 24.0 Å². The monoisotopic (exact) mass is 304 g/mol. The van der Waals surface area contributed by atoms with E-state index in [4.69, 9.17) is 9.84 Å². The molecule has 22 heavy (non-hydrogen) atoms. The topological polar surface area (TPSA) is 61.8 Å².